The highest BCUT2D eigenvalue weighted by molar-refractivity contribution is 7.08. The van der Waals surface area contributed by atoms with Crippen molar-refractivity contribution in [2.24, 2.45) is 0 Å². The Morgan fingerprint density at radius 3 is 2.87 bits per heavy atom. The summed E-state index contributed by atoms with van der Waals surface area (Å²) in [4.78, 5) is 0. The van der Waals surface area contributed by atoms with Gasteiger partial charge in [0.15, 0.2) is 0 Å². The molecule has 1 aromatic rings. The third-order valence-corrected chi connectivity index (χ3v) is 3.19. The molecular formula is C10H14N2O2S. The maximum absolute atomic E-state index is 5.30. The van der Waals surface area contributed by atoms with Crippen molar-refractivity contribution in [3.63, 3.8) is 0 Å². The smallest absolute Gasteiger partial charge is 0.236 e. The molecule has 0 amide bonds. The van der Waals surface area contributed by atoms with Gasteiger partial charge in [-0.25, -0.2) is 0 Å². The van der Waals surface area contributed by atoms with Gasteiger partial charge in [-0.05, 0) is 18.5 Å². The average molecular weight is 226 g/mol. The zero-order valence-electron chi connectivity index (χ0n) is 8.87. The van der Waals surface area contributed by atoms with Crippen molar-refractivity contribution < 1.29 is 9.47 Å². The number of hydrogen-bond acceptors (Lipinski definition) is 5. The Hall–Kier alpha value is -1.07. The van der Waals surface area contributed by atoms with E-state index in [1.165, 1.54) is 17.1 Å². The lowest BCUT2D eigenvalue weighted by atomic mass is 10.0. The third kappa shape index (κ3) is 1.98. The molecule has 1 aliphatic rings. The molecule has 0 aliphatic carbocycles. The normalized spacial score (nSPS) is 16.0. The fourth-order valence-electron chi connectivity index (χ4n) is 1.66. The number of ether oxygens (including phenoxy) is 2. The van der Waals surface area contributed by atoms with Crippen LogP contribution in [-0.4, -0.2) is 31.7 Å². The number of methoxy groups -OCH3 is 2. The van der Waals surface area contributed by atoms with Gasteiger partial charge in [-0.15, -0.1) is 0 Å². The Balaban J connectivity index is 2.39. The second-order valence-corrected chi connectivity index (χ2v) is 3.98. The largest absolute Gasteiger partial charge is 0.486 e. The lowest BCUT2D eigenvalue weighted by molar-refractivity contribution is 0.393. The summed E-state index contributed by atoms with van der Waals surface area (Å²) in [6.45, 7) is 1.89. The predicted molar refractivity (Wildman–Crippen MR) is 60.7 cm³/mol. The molecule has 0 bridgehead atoms. The zero-order valence-corrected chi connectivity index (χ0v) is 9.69. The van der Waals surface area contributed by atoms with Crippen molar-refractivity contribution in [2.75, 3.05) is 27.3 Å². The van der Waals surface area contributed by atoms with E-state index in [0.29, 0.717) is 5.88 Å². The van der Waals surface area contributed by atoms with Gasteiger partial charge < -0.3 is 14.8 Å². The summed E-state index contributed by atoms with van der Waals surface area (Å²) >= 11 is 1.34. The van der Waals surface area contributed by atoms with Gasteiger partial charge in [0.2, 0.25) is 10.9 Å². The van der Waals surface area contributed by atoms with Crippen LogP contribution in [0, 0.1) is 0 Å². The minimum atomic E-state index is 0.671. The lowest BCUT2D eigenvalue weighted by Gasteiger charge is -2.14. The summed E-state index contributed by atoms with van der Waals surface area (Å²) in [6.07, 6.45) is 3.16. The monoisotopic (exact) mass is 226 g/mol. The topological polar surface area (TPSA) is 43.4 Å². The highest BCUT2D eigenvalue weighted by Crippen LogP contribution is 2.39. The molecule has 0 atom stereocenters. The standard InChI is InChI=1S/C10H14N2O2S/c1-13-9-8(10(14-2)15-12-9)7-3-5-11-6-4-7/h3,11H,4-6H2,1-2H3. The lowest BCUT2D eigenvalue weighted by Crippen LogP contribution is -2.20. The van der Waals surface area contributed by atoms with Crippen LogP contribution in [0.2, 0.25) is 0 Å². The Labute approximate surface area is 93.1 Å². The SMILES string of the molecule is COc1nsc(OC)c1C1=CCNCC1. The van der Waals surface area contributed by atoms with Crippen LogP contribution >= 0.6 is 11.5 Å². The van der Waals surface area contributed by atoms with Crippen LogP contribution in [0.3, 0.4) is 0 Å². The molecule has 0 fully saturated rings. The highest BCUT2D eigenvalue weighted by atomic mass is 32.1. The van der Waals surface area contributed by atoms with Crippen molar-refractivity contribution >= 4 is 17.1 Å². The van der Waals surface area contributed by atoms with E-state index in [0.717, 1.165) is 30.1 Å². The summed E-state index contributed by atoms with van der Waals surface area (Å²) in [5, 5.41) is 4.11. The van der Waals surface area contributed by atoms with E-state index in [4.69, 9.17) is 9.47 Å². The Kier molecular flexibility index (Phi) is 3.23. The van der Waals surface area contributed by atoms with E-state index in [1.54, 1.807) is 14.2 Å². The second kappa shape index (κ2) is 4.63. The first-order valence-corrected chi connectivity index (χ1v) is 5.62. The van der Waals surface area contributed by atoms with E-state index < -0.39 is 0 Å². The summed E-state index contributed by atoms with van der Waals surface area (Å²) in [6, 6.07) is 0. The van der Waals surface area contributed by atoms with Crippen molar-refractivity contribution in [3.05, 3.63) is 11.6 Å². The van der Waals surface area contributed by atoms with E-state index in [-0.39, 0.29) is 0 Å². The van der Waals surface area contributed by atoms with Crippen LogP contribution in [0.4, 0.5) is 0 Å². The van der Waals surface area contributed by atoms with Gasteiger partial charge in [0.25, 0.3) is 0 Å². The molecule has 15 heavy (non-hydrogen) atoms. The molecule has 4 nitrogen and oxygen atoms in total. The number of nitrogens with zero attached hydrogens (tertiary/aromatic N) is 1. The van der Waals surface area contributed by atoms with Gasteiger partial charge in [-0.3, -0.25) is 0 Å². The third-order valence-electron chi connectivity index (χ3n) is 2.39. The zero-order chi connectivity index (χ0) is 10.7. The quantitative estimate of drug-likeness (QED) is 0.849. The second-order valence-electron chi connectivity index (χ2n) is 3.24. The van der Waals surface area contributed by atoms with Gasteiger partial charge in [0.1, 0.15) is 0 Å². The van der Waals surface area contributed by atoms with Gasteiger partial charge >= 0.3 is 0 Å². The van der Waals surface area contributed by atoms with Gasteiger partial charge in [0, 0.05) is 18.1 Å². The van der Waals surface area contributed by atoms with Crippen LogP contribution < -0.4 is 14.8 Å². The Bertz CT molecular complexity index is 352. The van der Waals surface area contributed by atoms with Crippen molar-refractivity contribution in [3.8, 4) is 10.9 Å². The first kappa shape index (κ1) is 10.4. The first-order valence-electron chi connectivity index (χ1n) is 4.84. The number of hydrogen-bond donors (Lipinski definition) is 1. The summed E-state index contributed by atoms with van der Waals surface area (Å²) in [5.41, 5.74) is 2.28. The maximum atomic E-state index is 5.30. The molecule has 2 heterocycles. The Morgan fingerprint density at radius 2 is 2.27 bits per heavy atom. The molecular weight excluding hydrogens is 212 g/mol. The summed E-state index contributed by atoms with van der Waals surface area (Å²) in [5.74, 6) is 0.671. The van der Waals surface area contributed by atoms with Gasteiger partial charge in [-0.2, -0.15) is 4.37 Å². The molecule has 82 valence electrons. The van der Waals surface area contributed by atoms with Crippen LogP contribution in [0.15, 0.2) is 6.08 Å². The van der Waals surface area contributed by atoms with Crippen molar-refractivity contribution in [2.45, 2.75) is 6.42 Å². The molecule has 0 radical (unpaired) electrons. The minimum Gasteiger partial charge on any atom is -0.486 e. The molecule has 1 N–H and O–H groups in total. The average Bonchev–Trinajstić information content (AvgIpc) is 2.72. The number of aromatic nitrogens is 1. The molecule has 0 spiro atoms. The number of nitrogens with one attached hydrogen (secondary N) is 1. The molecule has 5 heteroatoms. The summed E-state index contributed by atoms with van der Waals surface area (Å²) in [7, 11) is 3.30. The molecule has 1 aromatic heterocycles. The molecule has 0 aromatic carbocycles. The van der Waals surface area contributed by atoms with E-state index in [1.807, 2.05) is 0 Å². The molecule has 2 rings (SSSR count). The summed E-state index contributed by atoms with van der Waals surface area (Å²) < 4.78 is 14.7. The van der Waals surface area contributed by atoms with Gasteiger partial charge in [-0.1, -0.05) is 6.08 Å². The molecule has 0 saturated heterocycles. The van der Waals surface area contributed by atoms with Crippen LogP contribution in [0.1, 0.15) is 12.0 Å². The van der Waals surface area contributed by atoms with Gasteiger partial charge in [0.05, 0.1) is 19.8 Å². The van der Waals surface area contributed by atoms with E-state index in [2.05, 4.69) is 15.8 Å². The fraction of sp³-hybridized carbons (Fsp3) is 0.500. The predicted octanol–water partition coefficient (Wildman–Crippen LogP) is 1.54. The minimum absolute atomic E-state index is 0.671. The molecule has 0 saturated carbocycles. The first-order chi connectivity index (χ1) is 7.36. The molecule has 0 unspecified atom stereocenters. The maximum Gasteiger partial charge on any atom is 0.236 e. The fourth-order valence-corrected chi connectivity index (χ4v) is 2.37. The van der Waals surface area contributed by atoms with E-state index in [9.17, 15) is 0 Å². The molecule has 1 aliphatic heterocycles. The van der Waals surface area contributed by atoms with Crippen LogP contribution in [0.25, 0.3) is 5.57 Å². The van der Waals surface area contributed by atoms with Crippen molar-refractivity contribution in [1.29, 1.82) is 0 Å². The highest BCUT2D eigenvalue weighted by Gasteiger charge is 2.20. The van der Waals surface area contributed by atoms with Crippen molar-refractivity contribution in [1.82, 2.24) is 9.69 Å². The van der Waals surface area contributed by atoms with Crippen LogP contribution in [0.5, 0.6) is 10.9 Å². The van der Waals surface area contributed by atoms with Crippen LogP contribution in [-0.2, 0) is 0 Å². The number of rotatable bonds is 3. The Morgan fingerprint density at radius 1 is 1.40 bits per heavy atom. The van der Waals surface area contributed by atoms with E-state index >= 15 is 0 Å².